The Labute approximate surface area is 176 Å². The van der Waals surface area contributed by atoms with E-state index in [0.717, 1.165) is 50.9 Å². The molecule has 2 aromatic heterocycles. The second-order valence-corrected chi connectivity index (χ2v) is 7.39. The number of nitrogens with zero attached hydrogens (tertiary/aromatic N) is 7. The monoisotopic (exact) mass is 421 g/mol. The van der Waals surface area contributed by atoms with Crippen LogP contribution in [0.15, 0.2) is 15.0 Å². The molecule has 0 fully saturated rings. The summed E-state index contributed by atoms with van der Waals surface area (Å²) < 4.78 is 5.23. The molecule has 2 heterocycles. The van der Waals surface area contributed by atoms with Crippen LogP contribution in [0.1, 0.15) is 65.1 Å². The van der Waals surface area contributed by atoms with Crippen molar-refractivity contribution in [2.45, 2.75) is 85.9 Å². The van der Waals surface area contributed by atoms with Gasteiger partial charge in [-0.05, 0) is 38.4 Å². The third-order valence-corrected chi connectivity index (χ3v) is 5.18. The molecule has 10 heteroatoms. The fourth-order valence-electron chi connectivity index (χ4n) is 2.91. The normalized spacial score (nSPS) is 11.6. The topological polar surface area (TPSA) is 103 Å². The van der Waals surface area contributed by atoms with Gasteiger partial charge in [-0.15, -0.1) is 20.4 Å². The van der Waals surface area contributed by atoms with Crippen molar-refractivity contribution in [3.63, 3.8) is 0 Å². The van der Waals surface area contributed by atoms with Gasteiger partial charge in [-0.1, -0.05) is 40.0 Å². The Bertz CT molecular complexity index is 959. The van der Waals surface area contributed by atoms with Crippen LogP contribution in [-0.2, 0) is 19.6 Å². The van der Waals surface area contributed by atoms with Crippen molar-refractivity contribution in [3.05, 3.63) is 20.9 Å². The van der Waals surface area contributed by atoms with Gasteiger partial charge in [0.2, 0.25) is 11.6 Å². The van der Waals surface area contributed by atoms with Crippen LogP contribution in [0.25, 0.3) is 0 Å². The first-order chi connectivity index (χ1) is 14.0. The van der Waals surface area contributed by atoms with Gasteiger partial charge in [0, 0.05) is 19.6 Å². The van der Waals surface area contributed by atoms with E-state index in [1.165, 1.54) is 4.57 Å². The maximum absolute atomic E-state index is 13.0. The van der Waals surface area contributed by atoms with Crippen molar-refractivity contribution in [2.24, 2.45) is 10.2 Å². The number of aromatic hydroxyl groups is 1. The summed E-state index contributed by atoms with van der Waals surface area (Å²) in [4.78, 5) is 13.0. The number of azo groups is 1. The SMILES string of the molecule is CCCCn1c(C)nnc1N=Nc1c(O)n(CCCC)c(=S)n(CCCC)c1=O. The summed E-state index contributed by atoms with van der Waals surface area (Å²) in [5, 5.41) is 27.0. The minimum Gasteiger partial charge on any atom is -0.493 e. The molecular weight excluding hydrogens is 390 g/mol. The highest BCUT2D eigenvalue weighted by Crippen LogP contribution is 2.25. The smallest absolute Gasteiger partial charge is 0.286 e. The van der Waals surface area contributed by atoms with Gasteiger partial charge < -0.3 is 5.11 Å². The van der Waals surface area contributed by atoms with E-state index in [1.54, 1.807) is 4.57 Å². The van der Waals surface area contributed by atoms with E-state index in [1.807, 2.05) is 18.4 Å². The second kappa shape index (κ2) is 11.0. The van der Waals surface area contributed by atoms with Crippen molar-refractivity contribution >= 4 is 23.9 Å². The molecule has 0 saturated heterocycles. The lowest BCUT2D eigenvalue weighted by Crippen LogP contribution is -2.25. The lowest BCUT2D eigenvalue weighted by atomic mass is 10.3. The molecule has 0 aliphatic carbocycles. The van der Waals surface area contributed by atoms with Gasteiger partial charge in [0.05, 0.1) is 0 Å². The van der Waals surface area contributed by atoms with E-state index in [9.17, 15) is 9.90 Å². The summed E-state index contributed by atoms with van der Waals surface area (Å²) in [7, 11) is 0. The Hall–Kier alpha value is -2.36. The molecule has 160 valence electrons. The maximum Gasteiger partial charge on any atom is 0.286 e. The summed E-state index contributed by atoms with van der Waals surface area (Å²) in [6, 6.07) is 0. The van der Waals surface area contributed by atoms with Gasteiger partial charge in [0.15, 0.2) is 4.77 Å². The Morgan fingerprint density at radius 1 is 0.897 bits per heavy atom. The van der Waals surface area contributed by atoms with Crippen molar-refractivity contribution in [1.29, 1.82) is 0 Å². The van der Waals surface area contributed by atoms with Gasteiger partial charge in [-0.2, -0.15) is 0 Å². The Morgan fingerprint density at radius 2 is 1.45 bits per heavy atom. The zero-order valence-corrected chi connectivity index (χ0v) is 18.6. The average Bonchev–Trinajstić information content (AvgIpc) is 3.05. The molecule has 0 spiro atoms. The highest BCUT2D eigenvalue weighted by Gasteiger charge is 2.17. The minimum atomic E-state index is -0.436. The second-order valence-electron chi connectivity index (χ2n) is 7.02. The molecule has 0 unspecified atom stereocenters. The lowest BCUT2D eigenvalue weighted by Gasteiger charge is -2.15. The summed E-state index contributed by atoms with van der Waals surface area (Å²) in [5.74, 6) is 0.801. The number of rotatable bonds is 11. The zero-order chi connectivity index (χ0) is 21.4. The van der Waals surface area contributed by atoms with Crippen molar-refractivity contribution < 1.29 is 5.11 Å². The van der Waals surface area contributed by atoms with Crippen LogP contribution in [0, 0.1) is 11.7 Å². The third-order valence-electron chi connectivity index (χ3n) is 4.74. The van der Waals surface area contributed by atoms with E-state index in [-0.39, 0.29) is 11.6 Å². The molecule has 0 aliphatic heterocycles. The van der Waals surface area contributed by atoms with Crippen molar-refractivity contribution in [1.82, 2.24) is 23.9 Å². The first-order valence-corrected chi connectivity index (χ1v) is 10.7. The fourth-order valence-corrected chi connectivity index (χ4v) is 3.26. The number of hydrogen-bond acceptors (Lipinski definition) is 7. The van der Waals surface area contributed by atoms with E-state index in [4.69, 9.17) is 12.2 Å². The van der Waals surface area contributed by atoms with E-state index in [0.29, 0.717) is 23.8 Å². The number of unbranched alkanes of at least 4 members (excludes halogenated alkanes) is 3. The Morgan fingerprint density at radius 3 is 2.03 bits per heavy atom. The predicted molar refractivity (Wildman–Crippen MR) is 115 cm³/mol. The predicted octanol–water partition coefficient (Wildman–Crippen LogP) is 4.80. The van der Waals surface area contributed by atoms with Gasteiger partial charge >= 0.3 is 0 Å². The van der Waals surface area contributed by atoms with E-state index < -0.39 is 5.56 Å². The highest BCUT2D eigenvalue weighted by atomic mass is 32.1. The summed E-state index contributed by atoms with van der Waals surface area (Å²) in [5.41, 5.74) is -0.553. The molecule has 0 saturated carbocycles. The standard InChI is InChI=1S/C19H31N7O2S/c1-5-8-11-24-14(4)20-22-18(24)23-21-15-16(27)25(12-9-6-2)19(29)26(17(15)28)13-10-7-3/h27H,5-13H2,1-4H3. The molecule has 2 aromatic rings. The molecule has 0 radical (unpaired) electrons. The number of aryl methyl sites for hydroxylation is 1. The molecule has 9 nitrogen and oxygen atoms in total. The average molecular weight is 422 g/mol. The summed E-state index contributed by atoms with van der Waals surface area (Å²) in [6.07, 6.45) is 5.48. The molecule has 0 aromatic carbocycles. The van der Waals surface area contributed by atoms with Crippen LogP contribution in [0.3, 0.4) is 0 Å². The molecule has 0 bridgehead atoms. The van der Waals surface area contributed by atoms with Crippen LogP contribution < -0.4 is 5.56 Å². The number of hydrogen-bond donors (Lipinski definition) is 1. The molecule has 0 atom stereocenters. The first-order valence-electron chi connectivity index (χ1n) is 10.3. The summed E-state index contributed by atoms with van der Waals surface area (Å²) >= 11 is 5.47. The maximum atomic E-state index is 13.0. The highest BCUT2D eigenvalue weighted by molar-refractivity contribution is 7.71. The largest absolute Gasteiger partial charge is 0.493 e. The van der Waals surface area contributed by atoms with E-state index in [2.05, 4.69) is 34.3 Å². The van der Waals surface area contributed by atoms with Crippen LogP contribution in [0.4, 0.5) is 11.6 Å². The fraction of sp³-hybridized carbons (Fsp3) is 0.684. The van der Waals surface area contributed by atoms with E-state index >= 15 is 0 Å². The quantitative estimate of drug-likeness (QED) is 0.415. The molecule has 1 N–H and O–H groups in total. The van der Waals surface area contributed by atoms with Crippen LogP contribution >= 0.6 is 12.2 Å². The molecule has 29 heavy (non-hydrogen) atoms. The van der Waals surface area contributed by atoms with Gasteiger partial charge in [0.1, 0.15) is 5.82 Å². The first kappa shape index (κ1) is 22.9. The van der Waals surface area contributed by atoms with Gasteiger partial charge in [-0.25, -0.2) is 0 Å². The Kier molecular flexibility index (Phi) is 8.69. The van der Waals surface area contributed by atoms with Crippen molar-refractivity contribution in [3.8, 4) is 5.88 Å². The lowest BCUT2D eigenvalue weighted by molar-refractivity contribution is 0.390. The minimum absolute atomic E-state index is 0.117. The van der Waals surface area contributed by atoms with Crippen molar-refractivity contribution in [2.75, 3.05) is 0 Å². The molecule has 0 amide bonds. The molecule has 2 rings (SSSR count). The van der Waals surface area contributed by atoms with Crippen LogP contribution in [-0.4, -0.2) is 29.0 Å². The molecular formula is C19H31N7O2S. The van der Waals surface area contributed by atoms with Gasteiger partial charge in [-0.3, -0.25) is 18.5 Å². The number of aromatic nitrogens is 5. The zero-order valence-electron chi connectivity index (χ0n) is 17.8. The van der Waals surface area contributed by atoms with Crippen LogP contribution in [0.2, 0.25) is 0 Å². The van der Waals surface area contributed by atoms with Gasteiger partial charge in [0.25, 0.3) is 11.5 Å². The Balaban J connectivity index is 2.53. The third kappa shape index (κ3) is 5.37. The molecule has 0 aliphatic rings. The summed E-state index contributed by atoms with van der Waals surface area (Å²) in [6.45, 7) is 9.77. The van der Waals surface area contributed by atoms with Crippen LogP contribution in [0.5, 0.6) is 5.88 Å².